The Morgan fingerprint density at radius 3 is 2.39 bits per heavy atom. The maximum absolute atomic E-state index is 4.46. The SMILES string of the molecule is CNc1ncnc(N2CC(C)N(C)C(C)C2)c1C. The lowest BCUT2D eigenvalue weighted by molar-refractivity contribution is 0.169. The summed E-state index contributed by atoms with van der Waals surface area (Å²) < 4.78 is 0. The van der Waals surface area contributed by atoms with Crippen LogP contribution in [0.2, 0.25) is 0 Å². The lowest BCUT2D eigenvalue weighted by Crippen LogP contribution is -2.55. The highest BCUT2D eigenvalue weighted by Gasteiger charge is 2.28. The molecule has 18 heavy (non-hydrogen) atoms. The van der Waals surface area contributed by atoms with Crippen LogP contribution in [0.5, 0.6) is 0 Å². The molecule has 2 unspecified atom stereocenters. The molecule has 2 rings (SSSR count). The molecule has 5 heteroatoms. The van der Waals surface area contributed by atoms with Gasteiger partial charge in [0.15, 0.2) is 0 Å². The van der Waals surface area contributed by atoms with Gasteiger partial charge in [0.1, 0.15) is 18.0 Å². The lowest BCUT2D eigenvalue weighted by Gasteiger charge is -2.43. The van der Waals surface area contributed by atoms with Crippen LogP contribution in [-0.2, 0) is 0 Å². The molecule has 0 aliphatic carbocycles. The minimum absolute atomic E-state index is 0.543. The van der Waals surface area contributed by atoms with E-state index in [0.717, 1.165) is 30.3 Å². The average molecular weight is 249 g/mol. The summed E-state index contributed by atoms with van der Waals surface area (Å²) in [6, 6.07) is 1.09. The van der Waals surface area contributed by atoms with Crippen LogP contribution in [0.3, 0.4) is 0 Å². The molecule has 0 bridgehead atoms. The summed E-state index contributed by atoms with van der Waals surface area (Å²) in [6.07, 6.45) is 1.64. The second-order valence-electron chi connectivity index (χ2n) is 5.19. The van der Waals surface area contributed by atoms with Crippen LogP contribution in [0.25, 0.3) is 0 Å². The Morgan fingerprint density at radius 1 is 1.22 bits per heavy atom. The number of likely N-dealkylation sites (N-methyl/N-ethyl adjacent to an activating group) is 1. The third kappa shape index (κ3) is 2.27. The van der Waals surface area contributed by atoms with Gasteiger partial charge < -0.3 is 10.2 Å². The second-order valence-corrected chi connectivity index (χ2v) is 5.19. The molecule has 100 valence electrons. The highest BCUT2D eigenvalue weighted by molar-refractivity contribution is 5.58. The number of aromatic nitrogens is 2. The fourth-order valence-corrected chi connectivity index (χ4v) is 2.59. The summed E-state index contributed by atoms with van der Waals surface area (Å²) in [6.45, 7) is 8.63. The first-order valence-electron chi connectivity index (χ1n) is 6.50. The second kappa shape index (κ2) is 5.10. The predicted molar refractivity (Wildman–Crippen MR) is 75.2 cm³/mol. The molecule has 1 aliphatic heterocycles. The third-order valence-corrected chi connectivity index (χ3v) is 3.95. The number of piperazine rings is 1. The lowest BCUT2D eigenvalue weighted by atomic mass is 10.1. The maximum atomic E-state index is 4.46. The number of hydrogen-bond acceptors (Lipinski definition) is 5. The Balaban J connectivity index is 2.27. The van der Waals surface area contributed by atoms with Crippen LogP contribution in [0, 0.1) is 6.92 Å². The molecule has 1 aromatic rings. The van der Waals surface area contributed by atoms with E-state index in [1.165, 1.54) is 0 Å². The van der Waals surface area contributed by atoms with E-state index in [0.29, 0.717) is 12.1 Å². The van der Waals surface area contributed by atoms with Crippen molar-refractivity contribution in [3.63, 3.8) is 0 Å². The van der Waals surface area contributed by atoms with Crippen molar-refractivity contribution in [2.24, 2.45) is 0 Å². The van der Waals surface area contributed by atoms with Gasteiger partial charge in [-0.1, -0.05) is 0 Å². The van der Waals surface area contributed by atoms with Gasteiger partial charge in [0.2, 0.25) is 0 Å². The first-order valence-corrected chi connectivity index (χ1v) is 6.50. The third-order valence-electron chi connectivity index (χ3n) is 3.95. The van der Waals surface area contributed by atoms with Gasteiger partial charge in [-0.15, -0.1) is 0 Å². The van der Waals surface area contributed by atoms with Crippen molar-refractivity contribution >= 4 is 11.6 Å². The van der Waals surface area contributed by atoms with Gasteiger partial charge in [-0.25, -0.2) is 9.97 Å². The van der Waals surface area contributed by atoms with Crippen LogP contribution in [-0.4, -0.2) is 54.1 Å². The van der Waals surface area contributed by atoms with Gasteiger partial charge in [0.05, 0.1) is 0 Å². The molecule has 0 saturated carbocycles. The Hall–Kier alpha value is -1.36. The van der Waals surface area contributed by atoms with Crippen LogP contribution in [0.15, 0.2) is 6.33 Å². The van der Waals surface area contributed by atoms with Crippen molar-refractivity contribution in [3.05, 3.63) is 11.9 Å². The Morgan fingerprint density at radius 2 is 1.83 bits per heavy atom. The fourth-order valence-electron chi connectivity index (χ4n) is 2.59. The standard InChI is InChI=1S/C13H23N5/c1-9-6-18(7-10(2)17(9)5)13-11(3)12(14-4)15-8-16-13/h8-10H,6-7H2,1-5H3,(H,14,15,16). The molecule has 0 radical (unpaired) electrons. The summed E-state index contributed by atoms with van der Waals surface area (Å²) in [5.74, 6) is 1.97. The van der Waals surface area contributed by atoms with Gasteiger partial charge >= 0.3 is 0 Å². The molecule has 1 fully saturated rings. The zero-order valence-electron chi connectivity index (χ0n) is 11.9. The zero-order chi connectivity index (χ0) is 13.3. The van der Waals surface area contributed by atoms with Crippen molar-refractivity contribution in [3.8, 4) is 0 Å². The van der Waals surface area contributed by atoms with Crippen LogP contribution >= 0.6 is 0 Å². The molecule has 1 saturated heterocycles. The fraction of sp³-hybridized carbons (Fsp3) is 0.692. The van der Waals surface area contributed by atoms with Crippen molar-refractivity contribution in [2.75, 3.05) is 37.4 Å². The summed E-state index contributed by atoms with van der Waals surface area (Å²) in [5, 5.41) is 3.12. The van der Waals surface area contributed by atoms with E-state index in [1.807, 2.05) is 7.05 Å². The summed E-state index contributed by atoms with van der Waals surface area (Å²) in [4.78, 5) is 13.5. The van der Waals surface area contributed by atoms with Gasteiger partial charge in [0, 0.05) is 37.8 Å². The van der Waals surface area contributed by atoms with E-state index in [-0.39, 0.29) is 0 Å². The summed E-state index contributed by atoms with van der Waals surface area (Å²) >= 11 is 0. The minimum atomic E-state index is 0.543. The number of nitrogens with zero attached hydrogens (tertiary/aromatic N) is 4. The quantitative estimate of drug-likeness (QED) is 0.857. The molecule has 0 spiro atoms. The number of nitrogens with one attached hydrogen (secondary N) is 1. The number of rotatable bonds is 2. The average Bonchev–Trinajstić information content (AvgIpc) is 2.35. The van der Waals surface area contributed by atoms with Gasteiger partial charge in [-0.2, -0.15) is 0 Å². The van der Waals surface area contributed by atoms with Gasteiger partial charge in [0.25, 0.3) is 0 Å². The molecular weight excluding hydrogens is 226 g/mol. The topological polar surface area (TPSA) is 44.3 Å². The highest BCUT2D eigenvalue weighted by atomic mass is 15.3. The molecule has 2 heterocycles. The van der Waals surface area contributed by atoms with E-state index in [2.05, 4.69) is 52.9 Å². The Labute approximate surface area is 109 Å². The van der Waals surface area contributed by atoms with Crippen molar-refractivity contribution in [1.29, 1.82) is 0 Å². The molecule has 1 aromatic heterocycles. The summed E-state index contributed by atoms with van der Waals surface area (Å²) in [5.41, 5.74) is 1.13. The molecule has 1 aliphatic rings. The highest BCUT2D eigenvalue weighted by Crippen LogP contribution is 2.25. The first-order chi connectivity index (χ1) is 8.54. The number of anilines is 2. The monoisotopic (exact) mass is 249 g/mol. The molecule has 0 aromatic carbocycles. The van der Waals surface area contributed by atoms with E-state index >= 15 is 0 Å². The van der Waals surface area contributed by atoms with Crippen molar-refractivity contribution in [1.82, 2.24) is 14.9 Å². The molecular formula is C13H23N5. The predicted octanol–water partition coefficient (Wildman–Crippen LogP) is 1.36. The Kier molecular flexibility index (Phi) is 3.71. The van der Waals surface area contributed by atoms with Gasteiger partial charge in [-0.3, -0.25) is 4.90 Å². The van der Waals surface area contributed by atoms with E-state index < -0.39 is 0 Å². The minimum Gasteiger partial charge on any atom is -0.373 e. The van der Waals surface area contributed by atoms with Gasteiger partial charge in [-0.05, 0) is 27.8 Å². The van der Waals surface area contributed by atoms with Crippen LogP contribution < -0.4 is 10.2 Å². The molecule has 1 N–H and O–H groups in total. The number of hydrogen-bond donors (Lipinski definition) is 1. The molecule has 5 nitrogen and oxygen atoms in total. The maximum Gasteiger partial charge on any atom is 0.137 e. The molecule has 2 atom stereocenters. The van der Waals surface area contributed by atoms with E-state index in [4.69, 9.17) is 0 Å². The Bertz CT molecular complexity index is 408. The first kappa shape index (κ1) is 13.1. The van der Waals surface area contributed by atoms with Crippen molar-refractivity contribution in [2.45, 2.75) is 32.9 Å². The molecule has 0 amide bonds. The smallest absolute Gasteiger partial charge is 0.137 e. The van der Waals surface area contributed by atoms with E-state index in [9.17, 15) is 0 Å². The van der Waals surface area contributed by atoms with E-state index in [1.54, 1.807) is 6.33 Å². The zero-order valence-corrected chi connectivity index (χ0v) is 11.9. The normalized spacial score (nSPS) is 25.3. The van der Waals surface area contributed by atoms with Crippen LogP contribution in [0.4, 0.5) is 11.6 Å². The van der Waals surface area contributed by atoms with Crippen LogP contribution in [0.1, 0.15) is 19.4 Å². The van der Waals surface area contributed by atoms with Crippen molar-refractivity contribution < 1.29 is 0 Å². The summed E-state index contributed by atoms with van der Waals surface area (Å²) in [7, 11) is 4.09. The largest absolute Gasteiger partial charge is 0.373 e.